The monoisotopic (exact) mass is 282 g/mol. The molecule has 0 nitrogen and oxygen atoms in total. The van der Waals surface area contributed by atoms with Crippen molar-refractivity contribution in [2.45, 2.75) is 38.8 Å². The Balaban J connectivity index is 2.03. The van der Waals surface area contributed by atoms with Gasteiger partial charge in [-0.15, -0.1) is 6.58 Å². The highest BCUT2D eigenvalue weighted by molar-refractivity contribution is 5.85. The molecule has 1 atom stereocenters. The molecule has 110 valence electrons. The Hall–Kier alpha value is -1.89. The normalized spacial score (nSPS) is 12.9. The van der Waals surface area contributed by atoms with Gasteiger partial charge in [-0.2, -0.15) is 0 Å². The molecule has 0 aliphatic heterocycles. The van der Waals surface area contributed by atoms with Gasteiger partial charge in [-0.05, 0) is 60.6 Å². The van der Waals surface area contributed by atoms with Crippen LogP contribution in [0.2, 0.25) is 0 Å². The summed E-state index contributed by atoms with van der Waals surface area (Å²) in [5.74, 6) is 0. The van der Waals surface area contributed by atoms with Crippen LogP contribution in [0.1, 0.15) is 37.3 Å². The van der Waals surface area contributed by atoms with Gasteiger partial charge in [0.1, 0.15) is 0 Å². The predicted octanol–water partition coefficient (Wildman–Crippen LogP) is 6.11. The second kappa shape index (κ2) is 7.78. The summed E-state index contributed by atoms with van der Waals surface area (Å²) in [5, 5.41) is 2.51. The maximum Gasteiger partial charge on any atom is 0.0973 e. The van der Waals surface area contributed by atoms with E-state index in [0.717, 1.165) is 19.3 Å². The Bertz CT molecular complexity index is 623. The smallest absolute Gasteiger partial charge is 0.0973 e. The molecule has 0 N–H and O–H groups in total. The van der Waals surface area contributed by atoms with Gasteiger partial charge < -0.3 is 0 Å². The van der Waals surface area contributed by atoms with E-state index in [9.17, 15) is 4.39 Å². The van der Waals surface area contributed by atoms with E-state index in [4.69, 9.17) is 0 Å². The second-order valence-corrected chi connectivity index (χ2v) is 5.55. The summed E-state index contributed by atoms with van der Waals surface area (Å²) >= 11 is 0. The number of rotatable bonds is 7. The number of fused-ring (bicyclic) bond motifs is 1. The number of unbranched alkanes of at least 4 members (excludes halogenated alkanes) is 1. The summed E-state index contributed by atoms with van der Waals surface area (Å²) < 4.78 is 12.7. The van der Waals surface area contributed by atoms with E-state index in [1.165, 1.54) is 21.9 Å². The lowest BCUT2D eigenvalue weighted by Gasteiger charge is -2.03. The molecule has 0 bridgehead atoms. The third-order valence-corrected chi connectivity index (χ3v) is 3.59. The quantitative estimate of drug-likeness (QED) is 0.424. The molecule has 0 fully saturated rings. The average molecular weight is 282 g/mol. The number of hydrogen-bond acceptors (Lipinski definition) is 0. The summed E-state index contributed by atoms with van der Waals surface area (Å²) in [4.78, 5) is 0. The number of allylic oxidation sites excluding steroid dienone is 2. The zero-order valence-electron chi connectivity index (χ0n) is 12.7. The lowest BCUT2D eigenvalue weighted by molar-refractivity contribution is 0.335. The molecule has 1 unspecified atom stereocenters. The van der Waals surface area contributed by atoms with Gasteiger partial charge in [0.2, 0.25) is 0 Å². The van der Waals surface area contributed by atoms with E-state index in [-0.39, 0.29) is 0 Å². The van der Waals surface area contributed by atoms with Crippen LogP contribution in [-0.4, -0.2) is 6.17 Å². The maximum atomic E-state index is 12.7. The van der Waals surface area contributed by atoms with Gasteiger partial charge in [0, 0.05) is 0 Å². The average Bonchev–Trinajstić information content (AvgIpc) is 2.47. The molecule has 2 aromatic rings. The number of alkyl halides is 1. The van der Waals surface area contributed by atoms with E-state index in [2.05, 4.69) is 55.1 Å². The van der Waals surface area contributed by atoms with Crippen molar-refractivity contribution >= 4 is 16.8 Å². The first-order chi connectivity index (χ1) is 10.2. The Morgan fingerprint density at radius 3 is 2.67 bits per heavy atom. The fourth-order valence-electron chi connectivity index (χ4n) is 2.45. The van der Waals surface area contributed by atoms with E-state index < -0.39 is 6.17 Å². The molecule has 21 heavy (non-hydrogen) atoms. The zero-order chi connectivity index (χ0) is 15.1. The molecule has 0 saturated heterocycles. The highest BCUT2D eigenvalue weighted by atomic mass is 19.1. The van der Waals surface area contributed by atoms with E-state index in [1.54, 1.807) is 6.92 Å². The topological polar surface area (TPSA) is 0 Å². The van der Waals surface area contributed by atoms with Crippen LogP contribution in [0.5, 0.6) is 0 Å². The summed E-state index contributed by atoms with van der Waals surface area (Å²) in [6.45, 7) is 5.40. The molecular formula is C20H23F. The summed E-state index contributed by atoms with van der Waals surface area (Å²) in [6, 6.07) is 13.0. The Morgan fingerprint density at radius 1 is 1.14 bits per heavy atom. The van der Waals surface area contributed by atoms with Gasteiger partial charge in [-0.25, -0.2) is 4.39 Å². The molecular weight excluding hydrogens is 259 g/mol. The van der Waals surface area contributed by atoms with Crippen LogP contribution in [0.15, 0.2) is 55.1 Å². The molecule has 0 aliphatic carbocycles. The molecule has 2 rings (SSSR count). The molecule has 0 heterocycles. The summed E-state index contributed by atoms with van der Waals surface area (Å²) in [7, 11) is 0. The van der Waals surface area contributed by atoms with Crippen molar-refractivity contribution in [3.8, 4) is 0 Å². The van der Waals surface area contributed by atoms with Crippen molar-refractivity contribution in [3.05, 3.63) is 66.3 Å². The molecule has 0 radical (unpaired) electrons. The summed E-state index contributed by atoms with van der Waals surface area (Å²) in [5.41, 5.74) is 2.49. The Morgan fingerprint density at radius 2 is 1.90 bits per heavy atom. The van der Waals surface area contributed by atoms with E-state index >= 15 is 0 Å². The van der Waals surface area contributed by atoms with Gasteiger partial charge in [-0.1, -0.05) is 48.6 Å². The van der Waals surface area contributed by atoms with Crippen molar-refractivity contribution in [3.63, 3.8) is 0 Å². The first kappa shape index (κ1) is 15.5. The third kappa shape index (κ3) is 4.86. The third-order valence-electron chi connectivity index (χ3n) is 3.59. The highest BCUT2D eigenvalue weighted by Gasteiger charge is 1.97. The second-order valence-electron chi connectivity index (χ2n) is 5.55. The van der Waals surface area contributed by atoms with Gasteiger partial charge >= 0.3 is 0 Å². The van der Waals surface area contributed by atoms with Gasteiger partial charge in [-0.3, -0.25) is 0 Å². The number of hydrogen-bond donors (Lipinski definition) is 0. The first-order valence-electron chi connectivity index (χ1n) is 7.63. The largest absolute Gasteiger partial charge is 0.248 e. The highest BCUT2D eigenvalue weighted by Crippen LogP contribution is 2.19. The minimum atomic E-state index is -0.691. The van der Waals surface area contributed by atoms with Crippen LogP contribution in [0, 0.1) is 0 Å². The molecule has 1 heteroatoms. The lowest BCUT2D eigenvalue weighted by Crippen LogP contribution is -1.90. The fraction of sp³-hybridized carbons (Fsp3) is 0.300. The minimum absolute atomic E-state index is 0.647. The minimum Gasteiger partial charge on any atom is -0.248 e. The van der Waals surface area contributed by atoms with Crippen molar-refractivity contribution in [1.29, 1.82) is 0 Å². The van der Waals surface area contributed by atoms with Crippen molar-refractivity contribution in [2.75, 3.05) is 0 Å². The van der Waals surface area contributed by atoms with E-state index in [1.807, 2.05) is 6.08 Å². The number of benzene rings is 2. The first-order valence-corrected chi connectivity index (χ1v) is 7.63. The van der Waals surface area contributed by atoms with Crippen LogP contribution in [0.3, 0.4) is 0 Å². The molecule has 0 amide bonds. The number of halogens is 1. The molecule has 0 saturated carbocycles. The van der Waals surface area contributed by atoms with Crippen LogP contribution in [0.25, 0.3) is 16.8 Å². The molecule has 0 aromatic heterocycles. The maximum absolute atomic E-state index is 12.7. The Kier molecular flexibility index (Phi) is 5.74. The van der Waals surface area contributed by atoms with Crippen molar-refractivity contribution < 1.29 is 4.39 Å². The fourth-order valence-corrected chi connectivity index (χ4v) is 2.45. The van der Waals surface area contributed by atoms with Gasteiger partial charge in [0.15, 0.2) is 0 Å². The van der Waals surface area contributed by atoms with E-state index in [0.29, 0.717) is 6.42 Å². The standard InChI is InChI=1S/C20H23F/c1-3-7-17-10-12-20-15-18(11-13-19(20)14-17)9-6-4-5-8-16(2)21/h3,6,9-16H,1,4-5,7-8H2,2H3. The zero-order valence-corrected chi connectivity index (χ0v) is 12.7. The molecule has 0 spiro atoms. The van der Waals surface area contributed by atoms with Gasteiger partial charge in [0.25, 0.3) is 0 Å². The molecule has 2 aromatic carbocycles. The van der Waals surface area contributed by atoms with Crippen LogP contribution >= 0.6 is 0 Å². The van der Waals surface area contributed by atoms with Crippen molar-refractivity contribution in [2.24, 2.45) is 0 Å². The SMILES string of the molecule is C=CCc1ccc2cc(C=CCCCC(C)F)ccc2c1. The summed E-state index contributed by atoms with van der Waals surface area (Å²) in [6.07, 6.45) is 8.89. The van der Waals surface area contributed by atoms with Crippen LogP contribution in [0.4, 0.5) is 4.39 Å². The predicted molar refractivity (Wildman–Crippen MR) is 91.3 cm³/mol. The lowest BCUT2D eigenvalue weighted by atomic mass is 10.0. The molecule has 0 aliphatic rings. The van der Waals surface area contributed by atoms with Gasteiger partial charge in [0.05, 0.1) is 6.17 Å². The van der Waals surface area contributed by atoms with Crippen LogP contribution < -0.4 is 0 Å². The van der Waals surface area contributed by atoms with Crippen LogP contribution in [-0.2, 0) is 6.42 Å². The Labute approximate surface area is 127 Å². The van der Waals surface area contributed by atoms with Crippen molar-refractivity contribution in [1.82, 2.24) is 0 Å².